The number of carboxylic acids is 2. The minimum absolute atomic E-state index is 0.0740. The highest BCUT2D eigenvalue weighted by atomic mass is 16.7. The minimum Gasteiger partial charge on any atom is -0.479 e. The number of carboxylic acid groups (broad SMARTS) is 2. The van der Waals surface area contributed by atoms with Crippen molar-refractivity contribution in [3.8, 4) is 0 Å². The molecule has 0 amide bonds. The molecule has 5 rings (SSSR count). The van der Waals surface area contributed by atoms with Gasteiger partial charge in [-0.2, -0.15) is 0 Å². The molecule has 0 bridgehead atoms. The molecule has 2 aliphatic heterocycles. The van der Waals surface area contributed by atoms with Crippen LogP contribution in [0.1, 0.15) is 17.5 Å². The van der Waals surface area contributed by atoms with Crippen molar-refractivity contribution in [3.63, 3.8) is 0 Å². The fourth-order valence-electron chi connectivity index (χ4n) is 5.34. The highest BCUT2D eigenvalue weighted by molar-refractivity contribution is 5.98. The third-order valence-electron chi connectivity index (χ3n) is 6.54. The van der Waals surface area contributed by atoms with Crippen molar-refractivity contribution in [2.75, 3.05) is 0 Å². The van der Waals surface area contributed by atoms with Gasteiger partial charge in [0.2, 0.25) is 11.2 Å². The maximum Gasteiger partial charge on any atom is 0.340 e. The first-order valence-electron chi connectivity index (χ1n) is 9.35. The van der Waals surface area contributed by atoms with E-state index < -0.39 is 28.6 Å². The van der Waals surface area contributed by atoms with Crippen molar-refractivity contribution < 1.29 is 29.3 Å². The minimum atomic E-state index is -1.81. The average molecular weight is 380 g/mol. The van der Waals surface area contributed by atoms with E-state index in [2.05, 4.69) is 0 Å². The Bertz CT molecular complexity index is 901. The number of fused-ring (bicyclic) bond motifs is 2. The van der Waals surface area contributed by atoms with Gasteiger partial charge in [0.25, 0.3) is 0 Å². The normalized spacial score (nSPS) is 34.0. The first-order chi connectivity index (χ1) is 13.5. The van der Waals surface area contributed by atoms with Crippen molar-refractivity contribution in [2.45, 2.75) is 42.7 Å². The van der Waals surface area contributed by atoms with Gasteiger partial charge in [-0.25, -0.2) is 9.59 Å². The summed E-state index contributed by atoms with van der Waals surface area (Å²) >= 11 is 0. The van der Waals surface area contributed by atoms with Crippen LogP contribution in [0.4, 0.5) is 0 Å². The Morgan fingerprint density at radius 3 is 1.89 bits per heavy atom. The van der Waals surface area contributed by atoms with Gasteiger partial charge in [0.05, 0.1) is 17.6 Å². The lowest BCUT2D eigenvalue weighted by atomic mass is 9.56. The molecule has 6 heteroatoms. The number of epoxide rings is 2. The summed E-state index contributed by atoms with van der Waals surface area (Å²) in [6, 6.07) is 19.1. The Morgan fingerprint density at radius 2 is 1.43 bits per heavy atom. The lowest BCUT2D eigenvalue weighted by Gasteiger charge is -2.40. The van der Waals surface area contributed by atoms with Crippen LogP contribution >= 0.6 is 0 Å². The molecule has 3 fully saturated rings. The molecule has 144 valence electrons. The number of ether oxygens (including phenoxy) is 2. The standard InChI is InChI=1S/C22H20O6/c23-18(24)21-13-16-17(27-16)20(22(21,28-21)19(25)26,11-14-7-3-1-4-8-14)12-15-9-5-2-6-10-15/h1-10,16-17H,11-13H2,(H,23,24)(H,25,26). The van der Waals surface area contributed by atoms with Crippen LogP contribution in [0.3, 0.4) is 0 Å². The molecule has 0 spiro atoms. The molecule has 1 saturated carbocycles. The summed E-state index contributed by atoms with van der Waals surface area (Å²) in [6.45, 7) is 0. The van der Waals surface area contributed by atoms with Crippen LogP contribution in [0.2, 0.25) is 0 Å². The first-order valence-corrected chi connectivity index (χ1v) is 9.35. The summed E-state index contributed by atoms with van der Waals surface area (Å²) in [5.74, 6) is -2.45. The zero-order valence-electron chi connectivity index (χ0n) is 15.1. The Morgan fingerprint density at radius 1 is 0.893 bits per heavy atom. The molecule has 2 aromatic rings. The summed E-state index contributed by atoms with van der Waals surface area (Å²) in [4.78, 5) is 24.7. The van der Waals surface area contributed by atoms with Gasteiger partial charge in [-0.3, -0.25) is 0 Å². The van der Waals surface area contributed by atoms with Crippen molar-refractivity contribution in [2.24, 2.45) is 5.41 Å². The highest BCUT2D eigenvalue weighted by Crippen LogP contribution is 2.72. The molecule has 4 unspecified atom stereocenters. The summed E-state index contributed by atoms with van der Waals surface area (Å²) in [5, 5.41) is 20.1. The number of carbonyl (C=O) groups is 2. The van der Waals surface area contributed by atoms with Crippen LogP contribution in [0.25, 0.3) is 0 Å². The smallest absolute Gasteiger partial charge is 0.340 e. The third kappa shape index (κ3) is 2.10. The van der Waals surface area contributed by atoms with Gasteiger partial charge >= 0.3 is 11.9 Å². The first kappa shape index (κ1) is 17.4. The third-order valence-corrected chi connectivity index (χ3v) is 6.54. The van der Waals surface area contributed by atoms with E-state index in [1.54, 1.807) is 0 Å². The quantitative estimate of drug-likeness (QED) is 0.746. The van der Waals surface area contributed by atoms with Crippen LogP contribution in [-0.2, 0) is 31.9 Å². The number of rotatable bonds is 6. The number of aliphatic carboxylic acids is 2. The van der Waals surface area contributed by atoms with Crippen molar-refractivity contribution in [3.05, 3.63) is 71.8 Å². The van der Waals surface area contributed by atoms with E-state index in [0.29, 0.717) is 12.8 Å². The Balaban J connectivity index is 1.68. The van der Waals surface area contributed by atoms with E-state index in [-0.39, 0.29) is 18.6 Å². The Labute approximate surface area is 161 Å². The summed E-state index contributed by atoms with van der Waals surface area (Å²) < 4.78 is 11.6. The van der Waals surface area contributed by atoms with Crippen LogP contribution in [0.15, 0.2) is 60.7 Å². The molecule has 0 aromatic heterocycles. The van der Waals surface area contributed by atoms with Crippen LogP contribution < -0.4 is 0 Å². The molecule has 6 nitrogen and oxygen atoms in total. The van der Waals surface area contributed by atoms with Crippen molar-refractivity contribution in [1.82, 2.24) is 0 Å². The zero-order chi connectivity index (χ0) is 19.6. The van der Waals surface area contributed by atoms with Gasteiger partial charge < -0.3 is 19.7 Å². The van der Waals surface area contributed by atoms with E-state index >= 15 is 0 Å². The van der Waals surface area contributed by atoms with E-state index in [0.717, 1.165) is 11.1 Å². The molecular formula is C22H20O6. The van der Waals surface area contributed by atoms with Gasteiger partial charge in [0, 0.05) is 6.42 Å². The number of hydrogen-bond acceptors (Lipinski definition) is 4. The molecule has 0 radical (unpaired) electrons. The van der Waals surface area contributed by atoms with Gasteiger partial charge in [-0.05, 0) is 24.0 Å². The van der Waals surface area contributed by atoms with Gasteiger partial charge in [-0.1, -0.05) is 60.7 Å². The predicted molar refractivity (Wildman–Crippen MR) is 97.8 cm³/mol. The van der Waals surface area contributed by atoms with Crippen LogP contribution in [-0.4, -0.2) is 45.6 Å². The van der Waals surface area contributed by atoms with Gasteiger partial charge in [0.1, 0.15) is 0 Å². The van der Waals surface area contributed by atoms with E-state index in [1.807, 2.05) is 60.7 Å². The van der Waals surface area contributed by atoms with E-state index in [4.69, 9.17) is 9.47 Å². The fourth-order valence-corrected chi connectivity index (χ4v) is 5.34. The average Bonchev–Trinajstić information content (AvgIpc) is 3.58. The molecule has 1 aliphatic carbocycles. The predicted octanol–water partition coefficient (Wildman–Crippen LogP) is 2.31. The highest BCUT2D eigenvalue weighted by Gasteiger charge is 2.93. The van der Waals surface area contributed by atoms with Crippen LogP contribution in [0, 0.1) is 5.41 Å². The summed E-state index contributed by atoms with van der Waals surface area (Å²) in [5.41, 5.74) is -2.69. The SMILES string of the molecule is O=C(O)C12CC3OC3C(Cc3ccccc3)(Cc3ccccc3)C1(C(=O)O)O2. The maximum atomic E-state index is 12.5. The molecule has 28 heavy (non-hydrogen) atoms. The van der Waals surface area contributed by atoms with E-state index in [9.17, 15) is 19.8 Å². The second-order valence-corrected chi connectivity index (χ2v) is 8.00. The number of benzene rings is 2. The molecular weight excluding hydrogens is 360 g/mol. The molecule has 2 aromatic carbocycles. The van der Waals surface area contributed by atoms with E-state index in [1.165, 1.54) is 0 Å². The van der Waals surface area contributed by atoms with Gasteiger partial charge in [-0.15, -0.1) is 0 Å². The molecule has 2 N–H and O–H groups in total. The summed E-state index contributed by atoms with van der Waals surface area (Å²) in [7, 11) is 0. The molecule has 3 aliphatic rings. The second kappa shape index (κ2) is 5.65. The topological polar surface area (TPSA) is 99.7 Å². The maximum absolute atomic E-state index is 12.5. The molecule has 2 saturated heterocycles. The second-order valence-electron chi connectivity index (χ2n) is 8.00. The Hall–Kier alpha value is -2.70. The fraction of sp³-hybridized carbons (Fsp3) is 0.364. The Kier molecular flexibility index (Phi) is 3.51. The van der Waals surface area contributed by atoms with Crippen molar-refractivity contribution >= 4 is 11.9 Å². The van der Waals surface area contributed by atoms with Crippen molar-refractivity contribution in [1.29, 1.82) is 0 Å². The molecule has 4 atom stereocenters. The molecule has 2 heterocycles. The number of hydrogen-bond donors (Lipinski definition) is 2. The van der Waals surface area contributed by atoms with Gasteiger partial charge in [0.15, 0.2) is 0 Å². The zero-order valence-corrected chi connectivity index (χ0v) is 15.1. The lowest BCUT2D eigenvalue weighted by molar-refractivity contribution is -0.153. The van der Waals surface area contributed by atoms with Crippen LogP contribution in [0.5, 0.6) is 0 Å². The summed E-state index contributed by atoms with van der Waals surface area (Å²) in [6.07, 6.45) is 0.165. The lowest BCUT2D eigenvalue weighted by Crippen LogP contribution is -2.60. The largest absolute Gasteiger partial charge is 0.479 e. The monoisotopic (exact) mass is 380 g/mol.